The molecule has 2 amide bonds. The Morgan fingerprint density at radius 1 is 1.36 bits per heavy atom. The fourth-order valence-electron chi connectivity index (χ4n) is 2.28. The molecule has 0 saturated carbocycles. The molecule has 6 heteroatoms. The summed E-state index contributed by atoms with van der Waals surface area (Å²) in [7, 11) is 0. The van der Waals surface area contributed by atoms with E-state index in [9.17, 15) is 14.4 Å². The molecule has 5 nitrogen and oxygen atoms in total. The van der Waals surface area contributed by atoms with Gasteiger partial charge >= 0.3 is 0 Å². The number of nitrogens with zero attached hydrogens (tertiary/aromatic N) is 1. The van der Waals surface area contributed by atoms with E-state index in [1.54, 1.807) is 17.0 Å². The molecule has 0 radical (unpaired) electrons. The lowest BCUT2D eigenvalue weighted by atomic mass is 10.2. The second-order valence-electron chi connectivity index (χ2n) is 5.63. The van der Waals surface area contributed by atoms with E-state index in [-0.39, 0.29) is 28.1 Å². The third-order valence-electron chi connectivity index (χ3n) is 3.37. The Morgan fingerprint density at radius 3 is 2.73 bits per heavy atom. The van der Waals surface area contributed by atoms with Gasteiger partial charge in [-0.1, -0.05) is 31.7 Å². The molecule has 1 aliphatic heterocycles. The summed E-state index contributed by atoms with van der Waals surface area (Å²) in [5.74, 6) is -0.158. The summed E-state index contributed by atoms with van der Waals surface area (Å²) in [5.41, 5.74) is 1.42. The third kappa shape index (κ3) is 4.10. The van der Waals surface area contributed by atoms with Crippen LogP contribution in [0.4, 0.5) is 11.4 Å². The Morgan fingerprint density at radius 2 is 2.09 bits per heavy atom. The molecule has 1 aliphatic rings. The Balaban J connectivity index is 2.11. The minimum atomic E-state index is -0.103. The van der Waals surface area contributed by atoms with Crippen LogP contribution in [0.5, 0.6) is 0 Å². The minimum Gasteiger partial charge on any atom is -0.326 e. The van der Waals surface area contributed by atoms with Crippen LogP contribution in [0.2, 0.25) is 0 Å². The summed E-state index contributed by atoms with van der Waals surface area (Å²) in [6, 6.07) is 7.23. The van der Waals surface area contributed by atoms with Crippen molar-refractivity contribution in [1.29, 1.82) is 0 Å². The van der Waals surface area contributed by atoms with Crippen LogP contribution in [0, 0.1) is 5.92 Å². The van der Waals surface area contributed by atoms with Crippen molar-refractivity contribution in [1.82, 2.24) is 0 Å². The monoisotopic (exact) mass is 320 g/mol. The third-order valence-corrected chi connectivity index (χ3v) is 4.35. The maximum absolute atomic E-state index is 12.1. The molecule has 0 bridgehead atoms. The van der Waals surface area contributed by atoms with Crippen LogP contribution < -0.4 is 10.2 Å². The van der Waals surface area contributed by atoms with E-state index in [1.165, 1.54) is 18.7 Å². The van der Waals surface area contributed by atoms with Gasteiger partial charge in [0.1, 0.15) is 0 Å². The molecular formula is C16H20N2O3S. The first-order chi connectivity index (χ1) is 10.4. The summed E-state index contributed by atoms with van der Waals surface area (Å²) >= 11 is 1.21. The van der Waals surface area contributed by atoms with Crippen LogP contribution >= 0.6 is 11.8 Å². The lowest BCUT2D eigenvalue weighted by molar-refractivity contribution is -0.119. The van der Waals surface area contributed by atoms with Crippen LogP contribution in [0.15, 0.2) is 24.3 Å². The number of hydrogen-bond donors (Lipinski definition) is 1. The van der Waals surface area contributed by atoms with Crippen molar-refractivity contribution in [3.05, 3.63) is 24.3 Å². The molecule has 2 rings (SSSR count). The van der Waals surface area contributed by atoms with Gasteiger partial charge in [-0.05, 0) is 18.2 Å². The largest absolute Gasteiger partial charge is 0.326 e. The van der Waals surface area contributed by atoms with Crippen LogP contribution in [0.3, 0.4) is 0 Å². The van der Waals surface area contributed by atoms with Crippen molar-refractivity contribution in [2.75, 3.05) is 16.8 Å². The molecule has 1 unspecified atom stereocenters. The molecule has 118 valence electrons. The van der Waals surface area contributed by atoms with E-state index in [0.717, 1.165) is 5.69 Å². The number of carbonyl (C=O) groups excluding carboxylic acids is 3. The summed E-state index contributed by atoms with van der Waals surface area (Å²) in [6.45, 7) is 5.68. The van der Waals surface area contributed by atoms with E-state index in [2.05, 4.69) is 5.32 Å². The van der Waals surface area contributed by atoms with Gasteiger partial charge in [-0.25, -0.2) is 0 Å². The minimum absolute atomic E-state index is 0.00101. The zero-order valence-corrected chi connectivity index (χ0v) is 13.8. The van der Waals surface area contributed by atoms with Crippen molar-refractivity contribution in [3.63, 3.8) is 0 Å². The Hall–Kier alpha value is -1.82. The number of benzene rings is 1. The number of amides is 2. The standard InChI is InChI=1S/C16H20N2O3S/c1-10(2)16(21)17-12-5-4-6-13(7-12)18-9-14(8-15(18)20)22-11(3)19/h4-7,10,14H,8-9H2,1-3H3,(H,17,21). The lowest BCUT2D eigenvalue weighted by Crippen LogP contribution is -2.25. The van der Waals surface area contributed by atoms with Gasteiger partial charge < -0.3 is 10.2 Å². The van der Waals surface area contributed by atoms with Gasteiger partial charge in [-0.2, -0.15) is 0 Å². The Bertz CT molecular complexity index is 601. The van der Waals surface area contributed by atoms with Gasteiger partial charge in [0.05, 0.1) is 0 Å². The molecule has 1 heterocycles. The molecule has 22 heavy (non-hydrogen) atoms. The average molecular weight is 320 g/mol. The van der Waals surface area contributed by atoms with Crippen molar-refractivity contribution in [3.8, 4) is 0 Å². The first-order valence-electron chi connectivity index (χ1n) is 7.25. The molecule has 1 saturated heterocycles. The van der Waals surface area contributed by atoms with Crippen LogP contribution in [0.1, 0.15) is 27.2 Å². The quantitative estimate of drug-likeness (QED) is 0.926. The fourth-order valence-corrected chi connectivity index (χ4v) is 3.20. The lowest BCUT2D eigenvalue weighted by Gasteiger charge is -2.18. The number of nitrogens with one attached hydrogen (secondary N) is 1. The molecule has 1 aromatic rings. The van der Waals surface area contributed by atoms with E-state index in [4.69, 9.17) is 0 Å². The second-order valence-corrected chi connectivity index (χ2v) is 7.11. The first-order valence-corrected chi connectivity index (χ1v) is 8.13. The smallest absolute Gasteiger partial charge is 0.228 e. The number of carbonyl (C=O) groups is 3. The highest BCUT2D eigenvalue weighted by Crippen LogP contribution is 2.30. The van der Waals surface area contributed by atoms with E-state index < -0.39 is 0 Å². The topological polar surface area (TPSA) is 66.5 Å². The SMILES string of the molecule is CC(=O)SC1CC(=O)N(c2cccc(NC(=O)C(C)C)c2)C1. The van der Waals surface area contributed by atoms with Gasteiger partial charge in [0.2, 0.25) is 11.8 Å². The van der Waals surface area contributed by atoms with E-state index in [0.29, 0.717) is 18.7 Å². The maximum Gasteiger partial charge on any atom is 0.228 e. The number of thioether (sulfide) groups is 1. The van der Waals surface area contributed by atoms with Gasteiger partial charge in [-0.15, -0.1) is 0 Å². The highest BCUT2D eigenvalue weighted by molar-refractivity contribution is 8.14. The van der Waals surface area contributed by atoms with Crippen molar-refractivity contribution in [2.45, 2.75) is 32.4 Å². The highest BCUT2D eigenvalue weighted by Gasteiger charge is 2.31. The molecule has 0 aromatic heterocycles. The van der Waals surface area contributed by atoms with Crippen molar-refractivity contribution in [2.24, 2.45) is 5.92 Å². The summed E-state index contributed by atoms with van der Waals surface area (Å²) in [5, 5.41) is 2.85. The number of rotatable bonds is 4. The Kier molecular flexibility index (Phi) is 5.24. The zero-order chi connectivity index (χ0) is 16.3. The molecule has 0 spiro atoms. The second kappa shape index (κ2) is 6.96. The van der Waals surface area contributed by atoms with Crippen molar-refractivity contribution < 1.29 is 14.4 Å². The predicted molar refractivity (Wildman–Crippen MR) is 88.9 cm³/mol. The van der Waals surface area contributed by atoms with Gasteiger partial charge in [0, 0.05) is 42.4 Å². The highest BCUT2D eigenvalue weighted by atomic mass is 32.2. The van der Waals surface area contributed by atoms with Gasteiger partial charge in [0.15, 0.2) is 5.12 Å². The van der Waals surface area contributed by atoms with Gasteiger partial charge in [-0.3, -0.25) is 14.4 Å². The molecule has 1 fully saturated rings. The fraction of sp³-hybridized carbons (Fsp3) is 0.438. The van der Waals surface area contributed by atoms with Crippen LogP contribution in [0.25, 0.3) is 0 Å². The summed E-state index contributed by atoms with van der Waals surface area (Å²) in [4.78, 5) is 36.7. The zero-order valence-electron chi connectivity index (χ0n) is 13.0. The molecule has 1 atom stereocenters. The average Bonchev–Trinajstić information content (AvgIpc) is 2.78. The molecular weight excluding hydrogens is 300 g/mol. The predicted octanol–water partition coefficient (Wildman–Crippen LogP) is 2.67. The number of anilines is 2. The summed E-state index contributed by atoms with van der Waals surface area (Å²) in [6.07, 6.45) is 0.368. The normalized spacial score (nSPS) is 17.9. The van der Waals surface area contributed by atoms with Gasteiger partial charge in [0.25, 0.3) is 0 Å². The molecule has 1 N–H and O–H groups in total. The summed E-state index contributed by atoms with van der Waals surface area (Å²) < 4.78 is 0. The van der Waals surface area contributed by atoms with E-state index >= 15 is 0 Å². The molecule has 1 aromatic carbocycles. The van der Waals surface area contributed by atoms with Crippen molar-refractivity contribution >= 4 is 40.1 Å². The number of hydrogen-bond acceptors (Lipinski definition) is 4. The van der Waals surface area contributed by atoms with Crippen LogP contribution in [-0.4, -0.2) is 28.7 Å². The van der Waals surface area contributed by atoms with E-state index in [1.807, 2.05) is 26.0 Å². The first kappa shape index (κ1) is 16.5. The maximum atomic E-state index is 12.1. The molecule has 0 aliphatic carbocycles. The van der Waals surface area contributed by atoms with Crippen LogP contribution in [-0.2, 0) is 14.4 Å². The Labute approximate surface area is 134 Å².